The fraction of sp³-hybridized carbons (Fsp3) is 0.188. The Hall–Kier alpha value is -5.18. The Labute approximate surface area is 234 Å². The van der Waals surface area contributed by atoms with E-state index in [-0.39, 0.29) is 6.61 Å². The normalized spacial score (nSPS) is 14.9. The van der Waals surface area contributed by atoms with Crippen molar-refractivity contribution < 1.29 is 18.4 Å². The third-order valence-corrected chi connectivity index (χ3v) is 7.20. The largest absolute Gasteiger partial charge is 0.484 e. The first kappa shape index (κ1) is 26.1. The lowest BCUT2D eigenvalue weighted by atomic mass is 9.98. The summed E-state index contributed by atoms with van der Waals surface area (Å²) in [5.74, 6) is -0.0114. The third-order valence-electron chi connectivity index (χ3n) is 7.20. The summed E-state index contributed by atoms with van der Waals surface area (Å²) in [7, 11) is 3.91. The van der Waals surface area contributed by atoms with E-state index < -0.39 is 23.2 Å². The molecule has 3 heterocycles. The summed E-state index contributed by atoms with van der Waals surface area (Å²) in [5, 5.41) is 7.54. The molecule has 9 heteroatoms. The van der Waals surface area contributed by atoms with Crippen molar-refractivity contribution in [3.63, 3.8) is 0 Å². The Bertz CT molecular complexity index is 1940. The number of carbonyl (C=O) groups is 1. The van der Waals surface area contributed by atoms with Crippen molar-refractivity contribution in [3.05, 3.63) is 116 Å². The number of para-hydroxylation sites is 1. The summed E-state index contributed by atoms with van der Waals surface area (Å²) in [6.45, 7) is 1.52. The minimum Gasteiger partial charge on any atom is -0.484 e. The number of hydrazone groups is 1. The molecule has 0 saturated heterocycles. The van der Waals surface area contributed by atoms with Crippen molar-refractivity contribution in [1.82, 2.24) is 5.01 Å². The maximum Gasteiger partial charge on any atom is 0.345 e. The molecule has 0 aliphatic carbocycles. The predicted octanol–water partition coefficient (Wildman–Crippen LogP) is 5.03. The Morgan fingerprint density at radius 1 is 0.976 bits per heavy atom. The number of amides is 1. The number of aryl methyl sites for hydroxylation is 1. The van der Waals surface area contributed by atoms with Gasteiger partial charge in [0.1, 0.15) is 16.9 Å². The molecule has 0 bridgehead atoms. The number of ether oxygens (including phenoxy) is 1. The summed E-state index contributed by atoms with van der Waals surface area (Å²) in [6.07, 6.45) is 0.330. The van der Waals surface area contributed by atoms with E-state index in [2.05, 4.69) is 5.10 Å². The van der Waals surface area contributed by atoms with E-state index in [9.17, 15) is 14.4 Å². The number of hydrogen-bond acceptors (Lipinski definition) is 8. The first-order valence-electron chi connectivity index (χ1n) is 13.1. The van der Waals surface area contributed by atoms with Crippen LogP contribution in [0.2, 0.25) is 0 Å². The van der Waals surface area contributed by atoms with Crippen LogP contribution in [0.5, 0.6) is 5.75 Å². The summed E-state index contributed by atoms with van der Waals surface area (Å²) >= 11 is 0. The molecule has 1 aliphatic rings. The summed E-state index contributed by atoms with van der Waals surface area (Å²) in [6, 6.07) is 23.0. The number of fused-ring (bicyclic) bond motifs is 2. The van der Waals surface area contributed by atoms with E-state index >= 15 is 0 Å². The predicted molar refractivity (Wildman–Crippen MR) is 157 cm³/mol. The van der Waals surface area contributed by atoms with Crippen LogP contribution in [0.4, 0.5) is 5.69 Å². The van der Waals surface area contributed by atoms with Crippen LogP contribution in [0.25, 0.3) is 21.9 Å². The van der Waals surface area contributed by atoms with Crippen LogP contribution in [0.3, 0.4) is 0 Å². The van der Waals surface area contributed by atoms with Gasteiger partial charge in [0.15, 0.2) is 6.61 Å². The summed E-state index contributed by atoms with van der Waals surface area (Å²) in [5.41, 5.74) is 3.35. The SMILES string of the molecule is Cc1cc(=O)oc2cc(OCC(=O)N3N=C(c4cc5ccccc5oc4=O)CC3c3ccc(N(C)C)cc3)ccc12. The molecular formula is C32H27N3O6. The third kappa shape index (κ3) is 5.09. The summed E-state index contributed by atoms with van der Waals surface area (Å²) in [4.78, 5) is 40.3. The van der Waals surface area contributed by atoms with E-state index in [1.165, 1.54) is 11.1 Å². The van der Waals surface area contributed by atoms with Crippen molar-refractivity contribution >= 4 is 39.2 Å². The highest BCUT2D eigenvalue weighted by Crippen LogP contribution is 2.34. The van der Waals surface area contributed by atoms with Crippen LogP contribution in [0.1, 0.15) is 29.2 Å². The number of anilines is 1. The molecule has 1 amide bonds. The van der Waals surface area contributed by atoms with Crippen molar-refractivity contribution in [3.8, 4) is 5.75 Å². The first-order valence-corrected chi connectivity index (χ1v) is 13.1. The van der Waals surface area contributed by atoms with Crippen LogP contribution in [0, 0.1) is 6.92 Å². The lowest BCUT2D eigenvalue weighted by Crippen LogP contribution is -2.31. The number of carbonyl (C=O) groups excluding carboxylic acids is 1. The van der Waals surface area contributed by atoms with Gasteiger partial charge < -0.3 is 18.5 Å². The number of hydrogen-bond donors (Lipinski definition) is 0. The van der Waals surface area contributed by atoms with Crippen molar-refractivity contribution in [1.29, 1.82) is 0 Å². The van der Waals surface area contributed by atoms with E-state index in [4.69, 9.17) is 13.6 Å². The molecule has 0 N–H and O–H groups in total. The minimum atomic E-state index is -0.511. The van der Waals surface area contributed by atoms with Crippen molar-refractivity contribution in [2.45, 2.75) is 19.4 Å². The molecular weight excluding hydrogens is 522 g/mol. The van der Waals surface area contributed by atoms with E-state index in [1.54, 1.807) is 36.4 Å². The smallest absolute Gasteiger partial charge is 0.345 e. The average Bonchev–Trinajstić information content (AvgIpc) is 3.40. The fourth-order valence-corrected chi connectivity index (χ4v) is 5.03. The van der Waals surface area contributed by atoms with Gasteiger partial charge in [-0.3, -0.25) is 4.79 Å². The van der Waals surface area contributed by atoms with Crippen LogP contribution < -0.4 is 20.9 Å². The lowest BCUT2D eigenvalue weighted by Gasteiger charge is -2.23. The van der Waals surface area contributed by atoms with Gasteiger partial charge in [-0.05, 0) is 54.4 Å². The van der Waals surface area contributed by atoms with Crippen molar-refractivity contribution in [2.24, 2.45) is 5.10 Å². The highest BCUT2D eigenvalue weighted by Gasteiger charge is 2.34. The molecule has 5 aromatic rings. The van der Waals surface area contributed by atoms with Crippen LogP contribution in [-0.2, 0) is 4.79 Å². The van der Waals surface area contributed by atoms with Gasteiger partial charge in [-0.1, -0.05) is 30.3 Å². The number of nitrogens with zero attached hydrogens (tertiary/aromatic N) is 3. The van der Waals surface area contributed by atoms with Crippen molar-refractivity contribution in [2.75, 3.05) is 25.6 Å². The second-order valence-corrected chi connectivity index (χ2v) is 10.2. The highest BCUT2D eigenvalue weighted by atomic mass is 16.5. The van der Waals surface area contributed by atoms with Gasteiger partial charge >= 0.3 is 11.3 Å². The summed E-state index contributed by atoms with van der Waals surface area (Å²) < 4.78 is 16.7. The van der Waals surface area contributed by atoms with Gasteiger partial charge in [-0.15, -0.1) is 0 Å². The molecule has 0 radical (unpaired) electrons. The zero-order valence-corrected chi connectivity index (χ0v) is 22.8. The molecule has 3 aromatic carbocycles. The Morgan fingerprint density at radius 2 is 1.76 bits per heavy atom. The maximum absolute atomic E-state index is 13.5. The van der Waals surface area contributed by atoms with Crippen LogP contribution in [0.15, 0.2) is 102 Å². The minimum absolute atomic E-state index is 0.309. The Kier molecular flexibility index (Phi) is 6.62. The monoisotopic (exact) mass is 549 g/mol. The fourth-order valence-electron chi connectivity index (χ4n) is 5.03. The topological polar surface area (TPSA) is 106 Å². The zero-order chi connectivity index (χ0) is 28.7. The molecule has 1 atom stereocenters. The number of benzene rings is 3. The zero-order valence-electron chi connectivity index (χ0n) is 22.8. The lowest BCUT2D eigenvalue weighted by molar-refractivity contribution is -0.135. The molecule has 0 saturated carbocycles. The molecule has 0 fully saturated rings. The molecule has 2 aromatic heterocycles. The molecule has 1 unspecified atom stereocenters. The van der Waals surface area contributed by atoms with Gasteiger partial charge in [0.2, 0.25) is 0 Å². The molecule has 206 valence electrons. The van der Waals surface area contributed by atoms with Gasteiger partial charge in [0.25, 0.3) is 5.91 Å². The van der Waals surface area contributed by atoms with E-state index in [0.29, 0.717) is 34.6 Å². The van der Waals surface area contributed by atoms with Gasteiger partial charge in [0, 0.05) is 49.1 Å². The first-order chi connectivity index (χ1) is 19.8. The van der Waals surface area contributed by atoms with Crippen LogP contribution in [-0.4, -0.2) is 37.3 Å². The molecule has 0 spiro atoms. The molecule has 41 heavy (non-hydrogen) atoms. The standard InChI is InChI=1S/C32H27N3O6/c1-19-14-31(37)40-29-16-23(12-13-24(19)29)39-18-30(36)35-27(20-8-10-22(11-9-20)34(2)3)17-26(33-35)25-15-21-6-4-5-7-28(21)41-32(25)38/h4-16,27H,17-18H2,1-3H3. The van der Waals surface area contributed by atoms with Gasteiger partial charge in [0.05, 0.1) is 17.3 Å². The second-order valence-electron chi connectivity index (χ2n) is 10.2. The second kappa shape index (κ2) is 10.4. The number of rotatable bonds is 6. The Balaban J connectivity index is 1.31. The van der Waals surface area contributed by atoms with E-state index in [0.717, 1.165) is 27.6 Å². The average molecular weight is 550 g/mol. The maximum atomic E-state index is 13.5. The molecule has 1 aliphatic heterocycles. The Morgan fingerprint density at radius 3 is 2.54 bits per heavy atom. The van der Waals surface area contributed by atoms with Gasteiger partial charge in [-0.2, -0.15) is 5.10 Å². The highest BCUT2D eigenvalue weighted by molar-refractivity contribution is 6.04. The van der Waals surface area contributed by atoms with Gasteiger partial charge in [-0.25, -0.2) is 14.6 Å². The van der Waals surface area contributed by atoms with E-state index in [1.807, 2.05) is 62.3 Å². The molecule has 6 rings (SSSR count). The van der Waals surface area contributed by atoms with Crippen LogP contribution >= 0.6 is 0 Å². The molecule has 9 nitrogen and oxygen atoms in total. The quantitative estimate of drug-likeness (QED) is 0.274.